The zero-order valence-electron chi connectivity index (χ0n) is 31.8. The van der Waals surface area contributed by atoms with E-state index in [4.69, 9.17) is 25.8 Å². The standard InChI is InChI=1S/C41H46ClF6N3O5Si/c1-57(2)35-20-29(50-22-27(23-50)40(43,44)45)8-11-32(35)39(33-12-9-30(21-36(33)57)51-24-28(25-51)41(46,47)48)34-19-26(7-10-31(34)38(53)56-39)37(52)49-14-16-55-18-17-54-15-6-4-3-5-13-42/h7-12,19-21,27-28H,3-6,13-18,22-25H2,1-2H3,(H,49,52). The molecule has 308 valence electrons. The van der Waals surface area contributed by atoms with Crippen molar-refractivity contribution in [2.45, 2.75) is 56.7 Å². The highest BCUT2D eigenvalue weighted by Gasteiger charge is 2.57. The molecule has 0 aromatic heterocycles. The van der Waals surface area contributed by atoms with E-state index in [0.717, 1.165) is 36.1 Å². The van der Waals surface area contributed by atoms with Crippen LogP contribution < -0.4 is 25.5 Å². The summed E-state index contributed by atoms with van der Waals surface area (Å²) in [7, 11) is -2.78. The largest absolute Gasteiger partial charge is 0.441 e. The molecule has 1 spiro atoms. The second-order valence-corrected chi connectivity index (χ2v) is 20.5. The molecule has 8 nitrogen and oxygen atoms in total. The number of benzene rings is 3. The highest BCUT2D eigenvalue weighted by Crippen LogP contribution is 2.50. The number of nitrogens with one attached hydrogen (secondary N) is 1. The number of hydrogen-bond acceptors (Lipinski definition) is 7. The average Bonchev–Trinajstić information content (AvgIpc) is 3.40. The van der Waals surface area contributed by atoms with Gasteiger partial charge in [0.05, 0.1) is 37.2 Å². The first-order valence-electron chi connectivity index (χ1n) is 19.4. The van der Waals surface area contributed by atoms with Crippen LogP contribution in [-0.4, -0.2) is 97.3 Å². The summed E-state index contributed by atoms with van der Waals surface area (Å²) in [6.07, 6.45) is -4.53. The van der Waals surface area contributed by atoms with Crippen molar-refractivity contribution in [3.05, 3.63) is 82.4 Å². The Bertz CT molecular complexity index is 1900. The summed E-state index contributed by atoms with van der Waals surface area (Å²) in [6.45, 7) is 5.36. The van der Waals surface area contributed by atoms with Crippen LogP contribution >= 0.6 is 11.6 Å². The number of anilines is 2. The van der Waals surface area contributed by atoms with E-state index in [0.29, 0.717) is 53.8 Å². The molecule has 1 amide bonds. The Morgan fingerprint density at radius 3 is 1.86 bits per heavy atom. The number of nitrogens with zero attached hydrogens (tertiary/aromatic N) is 2. The smallest absolute Gasteiger partial charge is 0.395 e. The second-order valence-electron chi connectivity index (χ2n) is 15.8. The van der Waals surface area contributed by atoms with Gasteiger partial charge in [-0.05, 0) is 65.7 Å². The van der Waals surface area contributed by atoms with E-state index >= 15 is 0 Å². The van der Waals surface area contributed by atoms with Crippen LogP contribution in [0, 0.1) is 11.8 Å². The summed E-state index contributed by atoms with van der Waals surface area (Å²) in [6, 6.07) is 15.6. The lowest BCUT2D eigenvalue weighted by Gasteiger charge is -2.47. The molecule has 57 heavy (non-hydrogen) atoms. The van der Waals surface area contributed by atoms with Gasteiger partial charge in [-0.2, -0.15) is 26.3 Å². The molecular formula is C41H46ClF6N3O5Si. The number of rotatable bonds is 15. The van der Waals surface area contributed by atoms with E-state index in [1.165, 1.54) is 0 Å². The predicted molar refractivity (Wildman–Crippen MR) is 208 cm³/mol. The number of amides is 1. The van der Waals surface area contributed by atoms with Crippen molar-refractivity contribution in [1.82, 2.24) is 5.32 Å². The lowest BCUT2D eigenvalue weighted by molar-refractivity contribution is -0.180. The van der Waals surface area contributed by atoms with Gasteiger partial charge < -0.3 is 29.3 Å². The molecule has 0 aliphatic carbocycles. The van der Waals surface area contributed by atoms with Crippen molar-refractivity contribution in [3.63, 3.8) is 0 Å². The molecule has 0 bridgehead atoms. The minimum atomic E-state index is -4.31. The van der Waals surface area contributed by atoms with Gasteiger partial charge in [0.1, 0.15) is 8.07 Å². The average molecular weight is 838 g/mol. The Morgan fingerprint density at radius 1 is 0.772 bits per heavy atom. The topological polar surface area (TPSA) is 80.3 Å². The van der Waals surface area contributed by atoms with Gasteiger partial charge >= 0.3 is 18.3 Å². The van der Waals surface area contributed by atoms with E-state index in [-0.39, 0.29) is 50.5 Å². The van der Waals surface area contributed by atoms with Crippen molar-refractivity contribution >= 4 is 53.3 Å². The van der Waals surface area contributed by atoms with Gasteiger partial charge in [-0.15, -0.1) is 11.6 Å². The number of halogens is 7. The van der Waals surface area contributed by atoms with Crippen molar-refractivity contribution in [2.24, 2.45) is 11.8 Å². The zero-order valence-corrected chi connectivity index (χ0v) is 33.6. The van der Waals surface area contributed by atoms with E-state index < -0.39 is 49.7 Å². The Balaban J connectivity index is 1.15. The number of ether oxygens (including phenoxy) is 3. The zero-order chi connectivity index (χ0) is 40.8. The molecule has 3 aromatic carbocycles. The van der Waals surface area contributed by atoms with Gasteiger partial charge in [0, 0.05) is 78.8 Å². The van der Waals surface area contributed by atoms with Gasteiger partial charge in [-0.25, -0.2) is 4.79 Å². The van der Waals surface area contributed by atoms with E-state index in [1.807, 2.05) is 12.1 Å². The van der Waals surface area contributed by atoms with Gasteiger partial charge in [-0.1, -0.05) is 38.1 Å². The van der Waals surface area contributed by atoms with Crippen LogP contribution in [0.5, 0.6) is 0 Å². The summed E-state index contributed by atoms with van der Waals surface area (Å²) in [5.41, 5.74) is 1.94. The molecular weight excluding hydrogens is 792 g/mol. The van der Waals surface area contributed by atoms with Crippen molar-refractivity contribution < 1.29 is 50.1 Å². The maximum atomic E-state index is 13.7. The number of carbonyl (C=O) groups is 2. The number of hydrogen-bond donors (Lipinski definition) is 1. The van der Waals surface area contributed by atoms with Crippen LogP contribution in [0.2, 0.25) is 13.1 Å². The summed E-state index contributed by atoms with van der Waals surface area (Å²) in [5.74, 6) is -3.22. The van der Waals surface area contributed by atoms with Crippen molar-refractivity contribution in [2.75, 3.05) is 74.8 Å². The Kier molecular flexibility index (Phi) is 11.7. The first kappa shape index (κ1) is 41.4. The fourth-order valence-corrected chi connectivity index (χ4v) is 11.7. The minimum absolute atomic E-state index is 0.184. The SMILES string of the molecule is C[Si]1(C)c2cc(N3CC(C(F)(F)F)C3)ccc2C2(OC(=O)c3ccc(C(=O)NCCOCCOCCCCCCCl)cc32)c2ccc(N3CC(C(F)(F)F)C3)cc21. The van der Waals surface area contributed by atoms with Gasteiger partial charge in [0.15, 0.2) is 5.60 Å². The van der Waals surface area contributed by atoms with Crippen LogP contribution in [-0.2, 0) is 19.8 Å². The maximum absolute atomic E-state index is 13.7. The molecule has 2 fully saturated rings. The number of alkyl halides is 7. The Labute approximate surface area is 333 Å². The monoisotopic (exact) mass is 837 g/mol. The lowest BCUT2D eigenvalue weighted by Crippen LogP contribution is -2.64. The fourth-order valence-electron chi connectivity index (χ4n) is 8.31. The van der Waals surface area contributed by atoms with Crippen molar-refractivity contribution in [1.29, 1.82) is 0 Å². The molecule has 16 heteroatoms. The van der Waals surface area contributed by atoms with Crippen molar-refractivity contribution in [3.8, 4) is 0 Å². The third-order valence-corrected chi connectivity index (χ3v) is 15.5. The number of esters is 1. The summed E-state index contributed by atoms with van der Waals surface area (Å²) in [5, 5.41) is 4.50. The molecule has 2 saturated heterocycles. The first-order chi connectivity index (χ1) is 27.1. The fraction of sp³-hybridized carbons (Fsp3) is 0.512. The van der Waals surface area contributed by atoms with Crippen LogP contribution in [0.25, 0.3) is 0 Å². The number of fused-ring (bicyclic) bond motifs is 6. The van der Waals surface area contributed by atoms with Gasteiger partial charge in [0.25, 0.3) is 5.91 Å². The molecule has 0 radical (unpaired) electrons. The predicted octanol–water partition coefficient (Wildman–Crippen LogP) is 6.84. The molecule has 4 heterocycles. The molecule has 7 rings (SSSR count). The normalized spacial score (nSPS) is 18.4. The third-order valence-electron chi connectivity index (χ3n) is 11.7. The summed E-state index contributed by atoms with van der Waals surface area (Å²) >= 11 is 5.70. The minimum Gasteiger partial charge on any atom is -0.441 e. The molecule has 4 aliphatic heterocycles. The first-order valence-corrected chi connectivity index (χ1v) is 22.9. The molecule has 0 saturated carbocycles. The summed E-state index contributed by atoms with van der Waals surface area (Å²) in [4.78, 5) is 30.6. The third kappa shape index (κ3) is 8.01. The van der Waals surface area contributed by atoms with E-state index in [1.54, 1.807) is 52.3 Å². The summed E-state index contributed by atoms with van der Waals surface area (Å²) < 4.78 is 98.4. The molecule has 4 aliphatic rings. The van der Waals surface area contributed by atoms with Crippen LogP contribution in [0.15, 0.2) is 54.6 Å². The lowest BCUT2D eigenvalue weighted by atomic mass is 9.78. The maximum Gasteiger partial charge on any atom is 0.395 e. The van der Waals surface area contributed by atoms with Gasteiger partial charge in [0.2, 0.25) is 0 Å². The van der Waals surface area contributed by atoms with Crippen LogP contribution in [0.1, 0.15) is 63.1 Å². The molecule has 3 aromatic rings. The van der Waals surface area contributed by atoms with E-state index in [9.17, 15) is 35.9 Å². The second kappa shape index (κ2) is 16.1. The van der Waals surface area contributed by atoms with Crippen LogP contribution in [0.3, 0.4) is 0 Å². The quantitative estimate of drug-likeness (QED) is 0.0591. The number of carbonyl (C=O) groups excluding carboxylic acids is 2. The highest BCUT2D eigenvalue weighted by molar-refractivity contribution is 7.01. The number of unbranched alkanes of at least 4 members (excludes halogenated alkanes) is 3. The molecule has 1 N–H and O–H groups in total. The van der Waals surface area contributed by atoms with Gasteiger partial charge in [-0.3, -0.25) is 4.79 Å². The highest BCUT2D eigenvalue weighted by atomic mass is 35.5. The van der Waals surface area contributed by atoms with Crippen LogP contribution in [0.4, 0.5) is 37.7 Å². The van der Waals surface area contributed by atoms with E-state index in [2.05, 4.69) is 18.4 Å². The molecule has 0 atom stereocenters. The molecule has 0 unspecified atom stereocenters. The Hall–Kier alpha value is -3.79. The Morgan fingerprint density at radius 2 is 1.32 bits per heavy atom.